The summed E-state index contributed by atoms with van der Waals surface area (Å²) in [5.74, 6) is -0.656. The number of carboxylic acid groups (broad SMARTS) is 1. The number of alkyl halides is 1. The van der Waals surface area contributed by atoms with Crippen molar-refractivity contribution in [3.8, 4) is 0 Å². The molecular weight excluding hydrogens is 328 g/mol. The zero-order valence-electron chi connectivity index (χ0n) is 13.9. The van der Waals surface area contributed by atoms with Crippen LogP contribution in [0.2, 0.25) is 0 Å². The molecule has 0 saturated heterocycles. The summed E-state index contributed by atoms with van der Waals surface area (Å²) in [5.41, 5.74) is 0. The van der Waals surface area contributed by atoms with Crippen LogP contribution < -0.4 is 0 Å². The molecule has 0 saturated carbocycles. The van der Waals surface area contributed by atoms with Gasteiger partial charge in [-0.05, 0) is 12.8 Å². The molecule has 0 spiro atoms. The highest BCUT2D eigenvalue weighted by Gasteiger charge is 1.97. The summed E-state index contributed by atoms with van der Waals surface area (Å²) >= 11 is 3.59. The van der Waals surface area contributed by atoms with Crippen molar-refractivity contribution >= 4 is 21.9 Å². The highest BCUT2D eigenvalue weighted by molar-refractivity contribution is 9.09. The number of unbranched alkanes of at least 4 members (excludes halogenated alkanes) is 12. The van der Waals surface area contributed by atoms with E-state index in [1.165, 1.54) is 77.0 Å². The van der Waals surface area contributed by atoms with E-state index in [0.717, 1.165) is 12.8 Å². The van der Waals surface area contributed by atoms with Crippen molar-refractivity contribution in [3.63, 3.8) is 0 Å². The van der Waals surface area contributed by atoms with Crippen molar-refractivity contribution in [2.45, 2.75) is 108 Å². The lowest BCUT2D eigenvalue weighted by Crippen LogP contribution is -1.93. The van der Waals surface area contributed by atoms with Crippen molar-refractivity contribution in [1.82, 2.24) is 0 Å². The Kier molecular flexibility index (Phi) is 16.3. The Balaban J connectivity index is 2.98. The molecule has 1 atom stereocenters. The molecule has 21 heavy (non-hydrogen) atoms. The Morgan fingerprint density at radius 3 is 1.43 bits per heavy atom. The number of hydrogen-bond acceptors (Lipinski definition) is 1. The van der Waals surface area contributed by atoms with Gasteiger partial charge in [0.25, 0.3) is 0 Å². The summed E-state index contributed by atoms with van der Waals surface area (Å²) in [6.07, 6.45) is 18.5. The van der Waals surface area contributed by atoms with Crippen LogP contribution in [0.15, 0.2) is 0 Å². The number of carboxylic acids is 1. The van der Waals surface area contributed by atoms with Gasteiger partial charge >= 0.3 is 5.97 Å². The Morgan fingerprint density at radius 1 is 0.762 bits per heavy atom. The standard InChI is InChI=1S/C18H35BrO2/c1-17(19)15-13-11-9-7-5-3-2-4-6-8-10-12-14-16-18(20)21/h17H,2-16H2,1H3,(H,20,21). The normalized spacial score (nSPS) is 12.5. The second-order valence-electron chi connectivity index (χ2n) is 6.31. The summed E-state index contributed by atoms with van der Waals surface area (Å²) in [6, 6.07) is 0. The first-order valence-electron chi connectivity index (χ1n) is 8.99. The molecule has 0 aromatic heterocycles. The van der Waals surface area contributed by atoms with Crippen LogP contribution in [0.4, 0.5) is 0 Å². The zero-order chi connectivity index (χ0) is 15.8. The van der Waals surface area contributed by atoms with E-state index < -0.39 is 5.97 Å². The zero-order valence-corrected chi connectivity index (χ0v) is 15.5. The smallest absolute Gasteiger partial charge is 0.303 e. The summed E-state index contributed by atoms with van der Waals surface area (Å²) < 4.78 is 0. The van der Waals surface area contributed by atoms with Crippen LogP contribution >= 0.6 is 15.9 Å². The molecule has 1 unspecified atom stereocenters. The molecule has 0 radical (unpaired) electrons. The fraction of sp³-hybridized carbons (Fsp3) is 0.944. The van der Waals surface area contributed by atoms with E-state index in [1.807, 2.05) is 0 Å². The first kappa shape index (κ1) is 20.9. The predicted molar refractivity (Wildman–Crippen MR) is 95.3 cm³/mol. The van der Waals surface area contributed by atoms with E-state index >= 15 is 0 Å². The molecule has 0 fully saturated rings. The number of hydrogen-bond donors (Lipinski definition) is 1. The molecule has 0 aliphatic carbocycles. The molecule has 0 aliphatic heterocycles. The minimum Gasteiger partial charge on any atom is -0.481 e. The van der Waals surface area contributed by atoms with Gasteiger partial charge in [0, 0.05) is 11.2 Å². The van der Waals surface area contributed by atoms with E-state index in [1.54, 1.807) is 0 Å². The Hall–Kier alpha value is -0.0500. The van der Waals surface area contributed by atoms with Gasteiger partial charge in [0.1, 0.15) is 0 Å². The van der Waals surface area contributed by atoms with Gasteiger partial charge < -0.3 is 5.11 Å². The van der Waals surface area contributed by atoms with Crippen molar-refractivity contribution in [2.75, 3.05) is 0 Å². The maximum absolute atomic E-state index is 10.3. The third-order valence-corrected chi connectivity index (χ3v) is 4.45. The molecule has 1 N–H and O–H groups in total. The molecule has 3 heteroatoms. The lowest BCUT2D eigenvalue weighted by molar-refractivity contribution is -0.137. The number of carbonyl (C=O) groups is 1. The average Bonchev–Trinajstić information content (AvgIpc) is 2.42. The van der Waals surface area contributed by atoms with Gasteiger partial charge in [0.15, 0.2) is 0 Å². The predicted octanol–water partition coefficient (Wildman–Crippen LogP) is 6.71. The first-order chi connectivity index (χ1) is 10.1. The second-order valence-corrected chi connectivity index (χ2v) is 7.87. The van der Waals surface area contributed by atoms with Crippen molar-refractivity contribution in [3.05, 3.63) is 0 Å². The molecule has 2 nitrogen and oxygen atoms in total. The molecular formula is C18H35BrO2. The number of aliphatic carboxylic acids is 1. The maximum Gasteiger partial charge on any atom is 0.303 e. The van der Waals surface area contributed by atoms with Crippen LogP contribution in [-0.2, 0) is 4.79 Å². The van der Waals surface area contributed by atoms with Crippen molar-refractivity contribution in [1.29, 1.82) is 0 Å². The van der Waals surface area contributed by atoms with Crippen LogP contribution in [0.1, 0.15) is 103 Å². The molecule has 0 aromatic carbocycles. The summed E-state index contributed by atoms with van der Waals surface area (Å²) in [4.78, 5) is 11.0. The van der Waals surface area contributed by atoms with Gasteiger partial charge in [-0.15, -0.1) is 0 Å². The SMILES string of the molecule is CC(Br)CCCCCCCCCCCCCCCC(=O)O. The van der Waals surface area contributed by atoms with Gasteiger partial charge in [-0.2, -0.15) is 0 Å². The third kappa shape index (κ3) is 19.9. The maximum atomic E-state index is 10.3. The van der Waals surface area contributed by atoms with Crippen LogP contribution in [0.3, 0.4) is 0 Å². The van der Waals surface area contributed by atoms with Crippen LogP contribution in [0.25, 0.3) is 0 Å². The topological polar surface area (TPSA) is 37.3 Å². The minimum atomic E-state index is -0.656. The lowest BCUT2D eigenvalue weighted by Gasteiger charge is -2.04. The van der Waals surface area contributed by atoms with E-state index in [4.69, 9.17) is 5.11 Å². The molecule has 0 rings (SSSR count). The molecule has 0 bridgehead atoms. The van der Waals surface area contributed by atoms with Crippen molar-refractivity contribution < 1.29 is 9.90 Å². The van der Waals surface area contributed by atoms with Crippen LogP contribution in [0.5, 0.6) is 0 Å². The quantitative estimate of drug-likeness (QED) is 0.244. The van der Waals surface area contributed by atoms with E-state index in [-0.39, 0.29) is 0 Å². The molecule has 126 valence electrons. The highest BCUT2D eigenvalue weighted by Crippen LogP contribution is 2.14. The van der Waals surface area contributed by atoms with E-state index in [0.29, 0.717) is 11.2 Å². The van der Waals surface area contributed by atoms with Gasteiger partial charge in [-0.1, -0.05) is 99.9 Å². The lowest BCUT2D eigenvalue weighted by atomic mass is 10.0. The molecule has 0 heterocycles. The number of rotatable bonds is 16. The fourth-order valence-electron chi connectivity index (χ4n) is 2.65. The number of halogens is 1. The van der Waals surface area contributed by atoms with Gasteiger partial charge in [-0.25, -0.2) is 0 Å². The Bertz CT molecular complexity index is 229. The monoisotopic (exact) mass is 362 g/mol. The molecule has 0 amide bonds. The third-order valence-electron chi connectivity index (χ3n) is 3.99. The molecule has 0 aliphatic rings. The van der Waals surface area contributed by atoms with Crippen LogP contribution in [0, 0.1) is 0 Å². The Morgan fingerprint density at radius 2 is 1.10 bits per heavy atom. The van der Waals surface area contributed by atoms with Gasteiger partial charge in [0.05, 0.1) is 0 Å². The van der Waals surface area contributed by atoms with E-state index in [9.17, 15) is 4.79 Å². The summed E-state index contributed by atoms with van der Waals surface area (Å²) in [6.45, 7) is 2.23. The largest absolute Gasteiger partial charge is 0.481 e. The first-order valence-corrected chi connectivity index (χ1v) is 9.90. The van der Waals surface area contributed by atoms with Crippen molar-refractivity contribution in [2.24, 2.45) is 0 Å². The Labute approximate surface area is 140 Å². The minimum absolute atomic E-state index is 0.342. The van der Waals surface area contributed by atoms with Gasteiger partial charge in [-0.3, -0.25) is 4.79 Å². The van der Waals surface area contributed by atoms with Gasteiger partial charge in [0.2, 0.25) is 0 Å². The van der Waals surface area contributed by atoms with E-state index in [2.05, 4.69) is 22.9 Å². The van der Waals surface area contributed by atoms with Crippen LogP contribution in [-0.4, -0.2) is 15.9 Å². The highest BCUT2D eigenvalue weighted by atomic mass is 79.9. The average molecular weight is 363 g/mol. The second kappa shape index (κ2) is 16.3. The summed E-state index contributed by atoms with van der Waals surface area (Å²) in [7, 11) is 0. The summed E-state index contributed by atoms with van der Waals surface area (Å²) in [5, 5.41) is 8.53. The fourth-order valence-corrected chi connectivity index (χ4v) is 2.97. The molecule has 0 aromatic rings.